The lowest BCUT2D eigenvalue weighted by atomic mass is 11.3. The monoisotopic (exact) mass is 116 g/mol. The second-order valence-corrected chi connectivity index (χ2v) is 15.4. The Bertz CT molecular complexity index is 51.1. The molecule has 0 aromatic carbocycles. The standard InChI is InChI=1S/C4H12Si2/c1-4-6(2,3)5/h4H,1H2,2-3,5H3. The molecule has 0 saturated carbocycles. The quantitative estimate of drug-likeness (QED) is 0.432. The van der Waals surface area contributed by atoms with Crippen molar-refractivity contribution in [2.75, 3.05) is 0 Å². The summed E-state index contributed by atoms with van der Waals surface area (Å²) in [5.74, 6) is 0. The lowest BCUT2D eigenvalue weighted by molar-refractivity contribution is 1.96. The van der Waals surface area contributed by atoms with E-state index >= 15 is 0 Å². The predicted molar refractivity (Wildman–Crippen MR) is 37.6 cm³/mol. The van der Waals surface area contributed by atoms with Gasteiger partial charge < -0.3 is 0 Å². The van der Waals surface area contributed by atoms with E-state index in [0.29, 0.717) is 0 Å². The first-order valence-corrected chi connectivity index (χ1v) is 8.77. The highest BCUT2D eigenvalue weighted by Crippen LogP contribution is 1.91. The fourth-order valence-electron chi connectivity index (χ4n) is 0. The third-order valence-electron chi connectivity index (χ3n) is 0.612. The van der Waals surface area contributed by atoms with Crippen LogP contribution in [0.25, 0.3) is 0 Å². The smallest absolute Gasteiger partial charge is 0.0531 e. The van der Waals surface area contributed by atoms with Crippen LogP contribution in [0.3, 0.4) is 0 Å². The van der Waals surface area contributed by atoms with Gasteiger partial charge in [-0.05, 0) is 0 Å². The molecule has 0 fully saturated rings. The Kier molecular flexibility index (Phi) is 1.80. The summed E-state index contributed by atoms with van der Waals surface area (Å²) in [6.07, 6.45) is 0. The summed E-state index contributed by atoms with van der Waals surface area (Å²) in [7, 11) is 0.621. The Hall–Kier alpha value is 0.174. The summed E-state index contributed by atoms with van der Waals surface area (Å²) in [6.45, 7) is 8.38. The van der Waals surface area contributed by atoms with Crippen LogP contribution in [0.1, 0.15) is 0 Å². The third-order valence-corrected chi connectivity index (χ3v) is 3.06. The van der Waals surface area contributed by atoms with Crippen molar-refractivity contribution in [3.63, 3.8) is 0 Å². The topological polar surface area (TPSA) is 0 Å². The molecule has 36 valence electrons. The van der Waals surface area contributed by atoms with Crippen LogP contribution >= 0.6 is 0 Å². The summed E-state index contributed by atoms with van der Waals surface area (Å²) in [6, 6.07) is 0. The molecule has 0 nitrogen and oxygen atoms in total. The average molecular weight is 116 g/mol. The maximum absolute atomic E-state index is 3.73. The minimum absolute atomic E-state index is 0.728. The van der Waals surface area contributed by atoms with Gasteiger partial charge in [0.25, 0.3) is 0 Å². The van der Waals surface area contributed by atoms with Crippen molar-refractivity contribution in [2.24, 2.45) is 0 Å². The first-order chi connectivity index (χ1) is 2.56. The molecule has 0 heterocycles. The molecule has 6 heavy (non-hydrogen) atoms. The molecule has 0 aromatic heterocycles. The van der Waals surface area contributed by atoms with Crippen molar-refractivity contribution in [2.45, 2.75) is 13.1 Å². The molecular weight excluding hydrogens is 104 g/mol. The molecule has 0 amide bonds. The largest absolute Gasteiger partial charge is 0.107 e. The third kappa shape index (κ3) is 4.17. The van der Waals surface area contributed by atoms with Crippen LogP contribution in [0.15, 0.2) is 12.3 Å². The van der Waals surface area contributed by atoms with Gasteiger partial charge in [0, 0.05) is 9.76 Å². The van der Waals surface area contributed by atoms with Crippen molar-refractivity contribution < 1.29 is 0 Å². The van der Waals surface area contributed by atoms with Gasteiger partial charge in [0.2, 0.25) is 0 Å². The van der Waals surface area contributed by atoms with Crippen LogP contribution in [0, 0.1) is 0 Å². The van der Waals surface area contributed by atoms with Gasteiger partial charge in [0.15, 0.2) is 0 Å². The lowest BCUT2D eigenvalue weighted by Gasteiger charge is -2.04. The van der Waals surface area contributed by atoms with Gasteiger partial charge in [0.1, 0.15) is 0 Å². The fourth-order valence-corrected chi connectivity index (χ4v) is 0. The van der Waals surface area contributed by atoms with E-state index in [1.807, 2.05) is 0 Å². The summed E-state index contributed by atoms with van der Waals surface area (Å²) in [4.78, 5) is 0. The van der Waals surface area contributed by atoms with Gasteiger partial charge in [-0.15, -0.1) is 12.3 Å². The number of hydrogen-bond donors (Lipinski definition) is 0. The van der Waals surface area contributed by atoms with E-state index in [1.54, 1.807) is 0 Å². The van der Waals surface area contributed by atoms with Gasteiger partial charge in [-0.1, -0.05) is 13.1 Å². The second kappa shape index (κ2) is 1.75. The molecule has 0 N–H and O–H groups in total. The van der Waals surface area contributed by atoms with Gasteiger partial charge in [-0.3, -0.25) is 0 Å². The Morgan fingerprint density at radius 1 is 1.67 bits per heavy atom. The minimum atomic E-state index is -0.728. The molecule has 0 radical (unpaired) electrons. The van der Waals surface area contributed by atoms with Crippen LogP contribution in [0.5, 0.6) is 0 Å². The van der Waals surface area contributed by atoms with Gasteiger partial charge in [-0.2, -0.15) is 0 Å². The summed E-state index contributed by atoms with van der Waals surface area (Å²) < 4.78 is 0. The van der Waals surface area contributed by atoms with Crippen LogP contribution in [0.2, 0.25) is 13.1 Å². The van der Waals surface area contributed by atoms with Crippen molar-refractivity contribution in [3.8, 4) is 0 Å². The Labute approximate surface area is 43.5 Å². The summed E-state index contributed by atoms with van der Waals surface area (Å²) >= 11 is 0. The Balaban J connectivity index is 3.45. The number of hydrogen-bond acceptors (Lipinski definition) is 0. The van der Waals surface area contributed by atoms with E-state index in [2.05, 4.69) is 25.4 Å². The van der Waals surface area contributed by atoms with Crippen molar-refractivity contribution in [1.29, 1.82) is 0 Å². The molecule has 0 atom stereocenters. The zero-order chi connectivity index (χ0) is 5.21. The zero-order valence-electron chi connectivity index (χ0n) is 4.78. The normalized spacial score (nSPS) is 11.7. The van der Waals surface area contributed by atoms with E-state index in [4.69, 9.17) is 0 Å². The van der Waals surface area contributed by atoms with Crippen LogP contribution < -0.4 is 0 Å². The summed E-state index contributed by atoms with van der Waals surface area (Å²) in [5.41, 5.74) is 2.14. The fraction of sp³-hybridized carbons (Fsp3) is 0.500. The highest BCUT2D eigenvalue weighted by atomic mass is 29.2. The first-order valence-electron chi connectivity index (χ1n) is 2.20. The molecule has 2 heteroatoms. The van der Waals surface area contributed by atoms with E-state index < -0.39 is 7.59 Å². The Morgan fingerprint density at radius 3 is 1.83 bits per heavy atom. The number of rotatable bonds is 1. The van der Waals surface area contributed by atoms with E-state index in [1.165, 1.54) is 9.76 Å². The molecule has 0 aliphatic heterocycles. The van der Waals surface area contributed by atoms with Gasteiger partial charge in [0.05, 0.1) is 7.59 Å². The molecular formula is C4H12Si2. The predicted octanol–water partition coefficient (Wildman–Crippen LogP) is 0.282. The van der Waals surface area contributed by atoms with Crippen molar-refractivity contribution in [1.82, 2.24) is 0 Å². The molecule has 0 bridgehead atoms. The summed E-state index contributed by atoms with van der Waals surface area (Å²) in [5, 5.41) is 0. The maximum atomic E-state index is 3.73. The molecule has 0 rings (SSSR count). The van der Waals surface area contributed by atoms with E-state index in [9.17, 15) is 0 Å². The molecule has 0 unspecified atom stereocenters. The van der Waals surface area contributed by atoms with Crippen LogP contribution in [0.4, 0.5) is 0 Å². The molecule has 0 spiro atoms. The molecule has 0 aliphatic carbocycles. The second-order valence-electron chi connectivity index (χ2n) is 2.57. The van der Waals surface area contributed by atoms with Gasteiger partial charge >= 0.3 is 0 Å². The molecule has 0 aromatic rings. The maximum Gasteiger partial charge on any atom is 0.0531 e. The minimum Gasteiger partial charge on any atom is -0.107 e. The highest BCUT2D eigenvalue weighted by molar-refractivity contribution is 7.18. The SMILES string of the molecule is C=C[Si](C)(C)[SiH3]. The Morgan fingerprint density at radius 2 is 1.83 bits per heavy atom. The molecule has 0 saturated heterocycles. The van der Waals surface area contributed by atoms with E-state index in [0.717, 1.165) is 0 Å². The van der Waals surface area contributed by atoms with Crippen molar-refractivity contribution in [3.05, 3.63) is 12.3 Å². The first kappa shape index (κ1) is 6.17. The average Bonchev–Trinajstić information content (AvgIpc) is 1.35. The van der Waals surface area contributed by atoms with Gasteiger partial charge in [-0.25, -0.2) is 0 Å². The van der Waals surface area contributed by atoms with Crippen molar-refractivity contribution >= 4 is 17.4 Å². The highest BCUT2D eigenvalue weighted by Gasteiger charge is 2.03. The lowest BCUT2D eigenvalue weighted by Crippen LogP contribution is -2.21. The zero-order valence-corrected chi connectivity index (χ0v) is 7.78. The molecule has 0 aliphatic rings. The van der Waals surface area contributed by atoms with Crippen LogP contribution in [-0.4, -0.2) is 17.4 Å². The van der Waals surface area contributed by atoms with E-state index in [-0.39, 0.29) is 0 Å². The van der Waals surface area contributed by atoms with Crippen LogP contribution in [-0.2, 0) is 0 Å².